The van der Waals surface area contributed by atoms with Crippen LogP contribution in [0.15, 0.2) is 48.8 Å². The Hall–Kier alpha value is -3.48. The van der Waals surface area contributed by atoms with E-state index in [2.05, 4.69) is 27.6 Å². The predicted octanol–water partition coefficient (Wildman–Crippen LogP) is 5.85. The number of aryl methyl sites for hydroxylation is 2. The molecule has 36 heavy (non-hydrogen) atoms. The standard InChI is InChI=1S/C29H37N5O2/c1-19(2)34-25(16-18-31-34)28(35)33-27(23-9-7-5-6-8-10-23)29(36)32-24-13-11-22(12-14-24)26-20(3)15-17-30-21(26)4/h11-19,23,27H,5-10H2,1-4H3,(H,32,36)(H,33,35). The molecule has 1 fully saturated rings. The summed E-state index contributed by atoms with van der Waals surface area (Å²) >= 11 is 0. The van der Waals surface area contributed by atoms with Gasteiger partial charge in [0, 0.05) is 35.4 Å². The van der Waals surface area contributed by atoms with Crippen molar-refractivity contribution in [3.05, 3.63) is 65.7 Å². The van der Waals surface area contributed by atoms with Gasteiger partial charge >= 0.3 is 0 Å². The Kier molecular flexibility index (Phi) is 8.18. The summed E-state index contributed by atoms with van der Waals surface area (Å²) in [7, 11) is 0. The molecule has 190 valence electrons. The molecule has 0 spiro atoms. The van der Waals surface area contributed by atoms with Gasteiger partial charge < -0.3 is 10.6 Å². The first kappa shape index (κ1) is 25.6. The van der Waals surface area contributed by atoms with E-state index in [0.717, 1.165) is 48.1 Å². The van der Waals surface area contributed by atoms with Gasteiger partial charge in [-0.25, -0.2) is 0 Å². The molecule has 3 aromatic rings. The maximum absolute atomic E-state index is 13.6. The van der Waals surface area contributed by atoms with Gasteiger partial charge in [0.15, 0.2) is 0 Å². The van der Waals surface area contributed by atoms with Crippen LogP contribution >= 0.6 is 0 Å². The maximum Gasteiger partial charge on any atom is 0.270 e. The quantitative estimate of drug-likeness (QED) is 0.409. The zero-order chi connectivity index (χ0) is 25.7. The third kappa shape index (κ3) is 5.83. The Bertz CT molecular complexity index is 1170. The maximum atomic E-state index is 13.6. The summed E-state index contributed by atoms with van der Waals surface area (Å²) in [5, 5.41) is 10.4. The van der Waals surface area contributed by atoms with Gasteiger partial charge in [-0.2, -0.15) is 5.10 Å². The van der Waals surface area contributed by atoms with Gasteiger partial charge in [-0.05, 0) is 81.8 Å². The molecule has 7 heteroatoms. The van der Waals surface area contributed by atoms with E-state index in [1.165, 1.54) is 12.8 Å². The van der Waals surface area contributed by atoms with E-state index in [1.54, 1.807) is 16.9 Å². The molecule has 2 N–H and O–H groups in total. The number of amides is 2. The monoisotopic (exact) mass is 487 g/mol. The van der Waals surface area contributed by atoms with E-state index < -0.39 is 6.04 Å². The molecule has 2 heterocycles. The average molecular weight is 488 g/mol. The number of carbonyl (C=O) groups is 2. The first-order valence-corrected chi connectivity index (χ1v) is 13.0. The normalized spacial score (nSPS) is 15.4. The zero-order valence-corrected chi connectivity index (χ0v) is 21.8. The third-order valence-electron chi connectivity index (χ3n) is 7.12. The van der Waals surface area contributed by atoms with Crippen LogP contribution in [0.3, 0.4) is 0 Å². The predicted molar refractivity (Wildman–Crippen MR) is 143 cm³/mol. The van der Waals surface area contributed by atoms with Gasteiger partial charge in [0.1, 0.15) is 11.7 Å². The summed E-state index contributed by atoms with van der Waals surface area (Å²) in [5.74, 6) is -0.331. The Balaban J connectivity index is 1.54. The van der Waals surface area contributed by atoms with Crippen molar-refractivity contribution in [1.29, 1.82) is 0 Å². The number of aromatic nitrogens is 3. The number of anilines is 1. The Morgan fingerprint density at radius 3 is 2.28 bits per heavy atom. The lowest BCUT2D eigenvalue weighted by atomic mass is 9.91. The van der Waals surface area contributed by atoms with Crippen LogP contribution in [0.25, 0.3) is 11.1 Å². The van der Waals surface area contributed by atoms with Gasteiger partial charge in [-0.1, -0.05) is 37.8 Å². The fraction of sp³-hybridized carbons (Fsp3) is 0.448. The fourth-order valence-electron chi connectivity index (χ4n) is 5.23. The largest absolute Gasteiger partial charge is 0.339 e. The van der Waals surface area contributed by atoms with Crippen LogP contribution < -0.4 is 10.6 Å². The number of hydrogen-bond donors (Lipinski definition) is 2. The summed E-state index contributed by atoms with van der Waals surface area (Å²) in [6.45, 7) is 8.04. The molecular formula is C29H37N5O2. The second kappa shape index (κ2) is 11.5. The topological polar surface area (TPSA) is 88.9 Å². The van der Waals surface area contributed by atoms with Crippen molar-refractivity contribution in [2.24, 2.45) is 5.92 Å². The van der Waals surface area contributed by atoms with Crippen molar-refractivity contribution < 1.29 is 9.59 Å². The highest BCUT2D eigenvalue weighted by Gasteiger charge is 2.31. The number of rotatable bonds is 7. The summed E-state index contributed by atoms with van der Waals surface area (Å²) in [5.41, 5.74) is 5.50. The van der Waals surface area contributed by atoms with E-state index in [-0.39, 0.29) is 23.8 Å². The molecule has 0 saturated heterocycles. The summed E-state index contributed by atoms with van der Waals surface area (Å²) in [6.07, 6.45) is 9.81. The van der Waals surface area contributed by atoms with Crippen molar-refractivity contribution in [2.45, 2.75) is 78.3 Å². The molecule has 1 aliphatic carbocycles. The highest BCUT2D eigenvalue weighted by Crippen LogP contribution is 2.29. The van der Waals surface area contributed by atoms with Gasteiger partial charge in [0.05, 0.1) is 0 Å². The molecule has 2 aromatic heterocycles. The van der Waals surface area contributed by atoms with Crippen LogP contribution in [0.4, 0.5) is 5.69 Å². The van der Waals surface area contributed by atoms with Crippen molar-refractivity contribution in [3.8, 4) is 11.1 Å². The number of nitrogens with zero attached hydrogens (tertiary/aromatic N) is 3. The van der Waals surface area contributed by atoms with Gasteiger partial charge in [0.25, 0.3) is 5.91 Å². The minimum Gasteiger partial charge on any atom is -0.339 e. The molecule has 1 atom stereocenters. The van der Waals surface area contributed by atoms with Crippen molar-refractivity contribution >= 4 is 17.5 Å². The van der Waals surface area contributed by atoms with E-state index >= 15 is 0 Å². The van der Waals surface area contributed by atoms with Gasteiger partial charge in [0.2, 0.25) is 5.91 Å². The first-order chi connectivity index (χ1) is 17.3. The molecule has 1 aromatic carbocycles. The second-order valence-corrected chi connectivity index (χ2v) is 10.1. The molecule has 2 amide bonds. The Morgan fingerprint density at radius 1 is 0.944 bits per heavy atom. The summed E-state index contributed by atoms with van der Waals surface area (Å²) in [6, 6.07) is 11.0. The van der Waals surface area contributed by atoms with Crippen molar-refractivity contribution in [1.82, 2.24) is 20.1 Å². The summed E-state index contributed by atoms with van der Waals surface area (Å²) < 4.78 is 1.69. The van der Waals surface area contributed by atoms with Crippen LogP contribution in [0, 0.1) is 19.8 Å². The Morgan fingerprint density at radius 2 is 1.64 bits per heavy atom. The van der Waals surface area contributed by atoms with Crippen LogP contribution in [0.2, 0.25) is 0 Å². The third-order valence-corrected chi connectivity index (χ3v) is 7.12. The lowest BCUT2D eigenvalue weighted by Gasteiger charge is -2.26. The average Bonchev–Trinajstić information content (AvgIpc) is 3.20. The number of pyridine rings is 1. The van der Waals surface area contributed by atoms with Crippen LogP contribution in [0.1, 0.15) is 80.2 Å². The van der Waals surface area contributed by atoms with Crippen molar-refractivity contribution in [3.63, 3.8) is 0 Å². The number of carbonyl (C=O) groups excluding carboxylic acids is 2. The molecule has 1 saturated carbocycles. The van der Waals surface area contributed by atoms with Crippen molar-refractivity contribution in [2.75, 3.05) is 5.32 Å². The van der Waals surface area contributed by atoms with E-state index in [4.69, 9.17) is 0 Å². The minimum atomic E-state index is -0.603. The van der Waals surface area contributed by atoms with Crippen LogP contribution in [0.5, 0.6) is 0 Å². The molecule has 0 bridgehead atoms. The number of hydrogen-bond acceptors (Lipinski definition) is 4. The summed E-state index contributed by atoms with van der Waals surface area (Å²) in [4.78, 5) is 31.2. The molecule has 1 aliphatic rings. The first-order valence-electron chi connectivity index (χ1n) is 13.0. The number of nitrogens with one attached hydrogen (secondary N) is 2. The minimum absolute atomic E-state index is 0.0523. The van der Waals surface area contributed by atoms with Gasteiger partial charge in [-0.15, -0.1) is 0 Å². The van der Waals surface area contributed by atoms with Gasteiger partial charge in [-0.3, -0.25) is 19.3 Å². The molecule has 1 unspecified atom stereocenters. The molecular weight excluding hydrogens is 450 g/mol. The lowest BCUT2D eigenvalue weighted by molar-refractivity contribution is -0.119. The highest BCUT2D eigenvalue weighted by molar-refractivity contribution is 6.00. The zero-order valence-electron chi connectivity index (χ0n) is 21.8. The highest BCUT2D eigenvalue weighted by atomic mass is 16.2. The molecule has 0 aliphatic heterocycles. The molecule has 0 radical (unpaired) electrons. The lowest BCUT2D eigenvalue weighted by Crippen LogP contribution is -2.49. The van der Waals surface area contributed by atoms with Crippen LogP contribution in [-0.4, -0.2) is 32.6 Å². The number of benzene rings is 1. The smallest absolute Gasteiger partial charge is 0.270 e. The Labute approximate surface area is 213 Å². The van der Waals surface area contributed by atoms with E-state index in [9.17, 15) is 9.59 Å². The fourth-order valence-corrected chi connectivity index (χ4v) is 5.23. The van der Waals surface area contributed by atoms with E-state index in [0.29, 0.717) is 11.4 Å². The molecule has 7 nitrogen and oxygen atoms in total. The SMILES string of the molecule is Cc1ccnc(C)c1-c1ccc(NC(=O)C(NC(=O)c2ccnn2C(C)C)C2CCCCCC2)cc1. The van der Waals surface area contributed by atoms with E-state index in [1.807, 2.05) is 57.3 Å². The second-order valence-electron chi connectivity index (χ2n) is 10.1. The molecule has 4 rings (SSSR count). The van der Waals surface area contributed by atoms with Crippen LogP contribution in [-0.2, 0) is 4.79 Å².